The molecule has 1 aromatic heterocycles. The zero-order valence-corrected chi connectivity index (χ0v) is 12.3. The Morgan fingerprint density at radius 2 is 2.16 bits per heavy atom. The van der Waals surface area contributed by atoms with Gasteiger partial charge in [0.2, 0.25) is 0 Å². The molecule has 0 unspecified atom stereocenters. The quantitative estimate of drug-likeness (QED) is 0.903. The minimum atomic E-state index is 0.476. The van der Waals surface area contributed by atoms with Crippen molar-refractivity contribution in [3.05, 3.63) is 40.9 Å². The molecular weight excluding hydrogens is 260 g/mol. The molecule has 3 nitrogen and oxygen atoms in total. The van der Waals surface area contributed by atoms with E-state index in [-0.39, 0.29) is 0 Å². The van der Waals surface area contributed by atoms with Gasteiger partial charge in [-0.25, -0.2) is 4.98 Å². The molecule has 0 fully saturated rings. The highest BCUT2D eigenvalue weighted by atomic mass is 35.5. The van der Waals surface area contributed by atoms with Crippen molar-refractivity contribution in [2.24, 2.45) is 0 Å². The van der Waals surface area contributed by atoms with Gasteiger partial charge in [0.25, 0.3) is 0 Å². The average Bonchev–Trinajstić information content (AvgIpc) is 2.81. The van der Waals surface area contributed by atoms with Crippen LogP contribution in [0.3, 0.4) is 0 Å². The molecule has 0 bridgehead atoms. The Morgan fingerprint density at radius 3 is 2.89 bits per heavy atom. The fourth-order valence-electron chi connectivity index (χ4n) is 1.89. The molecule has 2 rings (SSSR count). The van der Waals surface area contributed by atoms with E-state index in [1.165, 1.54) is 0 Å². The lowest BCUT2D eigenvalue weighted by molar-refractivity contribution is 0.484. The van der Waals surface area contributed by atoms with Gasteiger partial charge in [0.05, 0.1) is 6.20 Å². The summed E-state index contributed by atoms with van der Waals surface area (Å²) in [4.78, 5) is 4.31. The fourth-order valence-corrected chi connectivity index (χ4v) is 2.07. The van der Waals surface area contributed by atoms with Crippen molar-refractivity contribution in [2.45, 2.75) is 33.2 Å². The predicted octanol–water partition coefficient (Wildman–Crippen LogP) is 3.84. The van der Waals surface area contributed by atoms with Crippen LogP contribution in [-0.4, -0.2) is 17.6 Å². The van der Waals surface area contributed by atoms with Crippen LogP contribution in [0.5, 0.6) is 0 Å². The van der Waals surface area contributed by atoms with Gasteiger partial charge in [-0.2, -0.15) is 0 Å². The van der Waals surface area contributed by atoms with Crippen LogP contribution in [0, 0.1) is 6.92 Å². The second-order valence-corrected chi connectivity index (χ2v) is 5.30. The van der Waals surface area contributed by atoms with Gasteiger partial charge >= 0.3 is 0 Å². The molecule has 0 aliphatic heterocycles. The molecule has 0 aliphatic rings. The molecule has 0 aliphatic carbocycles. The van der Waals surface area contributed by atoms with E-state index in [1.54, 1.807) is 6.20 Å². The standard InChI is InChI=1S/C15H19ClN2O/c1-10(2)17-8-7-15-18-9-14(19-15)12-5-4-6-13(16)11(12)3/h4-6,9-10,17H,7-8H2,1-3H3. The molecule has 0 saturated carbocycles. The molecule has 4 heteroatoms. The maximum absolute atomic E-state index is 6.12. The number of oxazole rings is 1. The highest BCUT2D eigenvalue weighted by Gasteiger charge is 2.10. The number of nitrogens with one attached hydrogen (secondary N) is 1. The Bertz CT molecular complexity index is 549. The van der Waals surface area contributed by atoms with Gasteiger partial charge in [-0.05, 0) is 18.6 Å². The predicted molar refractivity (Wildman–Crippen MR) is 78.5 cm³/mol. The Balaban J connectivity index is 2.10. The summed E-state index contributed by atoms with van der Waals surface area (Å²) in [5.74, 6) is 1.53. The third-order valence-corrected chi connectivity index (χ3v) is 3.39. The van der Waals surface area contributed by atoms with Crippen LogP contribution in [-0.2, 0) is 6.42 Å². The smallest absolute Gasteiger partial charge is 0.196 e. The Labute approximate surface area is 119 Å². The second-order valence-electron chi connectivity index (χ2n) is 4.89. The molecule has 1 aromatic carbocycles. The van der Waals surface area contributed by atoms with Crippen molar-refractivity contribution < 1.29 is 4.42 Å². The number of aromatic nitrogens is 1. The number of rotatable bonds is 5. The van der Waals surface area contributed by atoms with Crippen molar-refractivity contribution in [2.75, 3.05) is 6.54 Å². The van der Waals surface area contributed by atoms with Gasteiger partial charge in [0, 0.05) is 29.6 Å². The van der Waals surface area contributed by atoms with Gasteiger partial charge in [0.1, 0.15) is 0 Å². The Morgan fingerprint density at radius 1 is 1.37 bits per heavy atom. The van der Waals surface area contributed by atoms with Crippen molar-refractivity contribution >= 4 is 11.6 Å². The summed E-state index contributed by atoms with van der Waals surface area (Å²) < 4.78 is 5.78. The summed E-state index contributed by atoms with van der Waals surface area (Å²) in [6.45, 7) is 7.10. The highest BCUT2D eigenvalue weighted by Crippen LogP contribution is 2.28. The second kappa shape index (κ2) is 6.22. The summed E-state index contributed by atoms with van der Waals surface area (Å²) >= 11 is 6.12. The van der Waals surface area contributed by atoms with Crippen LogP contribution in [0.25, 0.3) is 11.3 Å². The van der Waals surface area contributed by atoms with Crippen LogP contribution in [0.15, 0.2) is 28.8 Å². The van der Waals surface area contributed by atoms with E-state index in [1.807, 2.05) is 25.1 Å². The highest BCUT2D eigenvalue weighted by molar-refractivity contribution is 6.31. The van der Waals surface area contributed by atoms with Crippen LogP contribution >= 0.6 is 11.6 Å². The molecular formula is C15H19ClN2O. The minimum Gasteiger partial charge on any atom is -0.441 e. The van der Waals surface area contributed by atoms with Gasteiger partial charge in [-0.15, -0.1) is 0 Å². The van der Waals surface area contributed by atoms with E-state index in [0.29, 0.717) is 6.04 Å². The average molecular weight is 279 g/mol. The summed E-state index contributed by atoms with van der Waals surface area (Å²) in [5, 5.41) is 4.09. The molecule has 1 heterocycles. The summed E-state index contributed by atoms with van der Waals surface area (Å²) in [6.07, 6.45) is 2.56. The summed E-state index contributed by atoms with van der Waals surface area (Å²) in [5.41, 5.74) is 2.02. The lowest BCUT2D eigenvalue weighted by Gasteiger charge is -2.05. The summed E-state index contributed by atoms with van der Waals surface area (Å²) in [7, 11) is 0. The van der Waals surface area contributed by atoms with E-state index in [2.05, 4.69) is 24.1 Å². The number of halogens is 1. The lowest BCUT2D eigenvalue weighted by Crippen LogP contribution is -2.24. The van der Waals surface area contributed by atoms with Crippen LogP contribution in [0.2, 0.25) is 5.02 Å². The third-order valence-electron chi connectivity index (χ3n) is 2.98. The van der Waals surface area contributed by atoms with Crippen molar-refractivity contribution in [3.8, 4) is 11.3 Å². The Kier molecular flexibility index (Phi) is 4.61. The molecule has 0 spiro atoms. The Hall–Kier alpha value is -1.32. The number of hydrogen-bond donors (Lipinski definition) is 1. The fraction of sp³-hybridized carbons (Fsp3) is 0.400. The van der Waals surface area contributed by atoms with Crippen LogP contribution < -0.4 is 5.32 Å². The molecule has 0 radical (unpaired) electrons. The first-order valence-corrected chi connectivity index (χ1v) is 6.89. The van der Waals surface area contributed by atoms with E-state index in [4.69, 9.17) is 16.0 Å². The van der Waals surface area contributed by atoms with Crippen molar-refractivity contribution in [1.82, 2.24) is 10.3 Å². The van der Waals surface area contributed by atoms with Gasteiger partial charge in [0.15, 0.2) is 11.7 Å². The maximum Gasteiger partial charge on any atom is 0.196 e. The third kappa shape index (κ3) is 3.58. The zero-order chi connectivity index (χ0) is 13.8. The number of hydrogen-bond acceptors (Lipinski definition) is 3. The molecule has 19 heavy (non-hydrogen) atoms. The van der Waals surface area contributed by atoms with E-state index in [9.17, 15) is 0 Å². The van der Waals surface area contributed by atoms with Gasteiger partial charge in [-0.1, -0.05) is 37.6 Å². The molecule has 1 N–H and O–H groups in total. The zero-order valence-electron chi connectivity index (χ0n) is 11.5. The first kappa shape index (κ1) is 14.1. The minimum absolute atomic E-state index is 0.476. The van der Waals surface area contributed by atoms with Crippen LogP contribution in [0.4, 0.5) is 0 Å². The normalized spacial score (nSPS) is 11.2. The largest absolute Gasteiger partial charge is 0.441 e. The van der Waals surface area contributed by atoms with Gasteiger partial charge in [-0.3, -0.25) is 0 Å². The summed E-state index contributed by atoms with van der Waals surface area (Å²) in [6, 6.07) is 6.28. The first-order valence-electron chi connectivity index (χ1n) is 6.51. The monoisotopic (exact) mass is 278 g/mol. The van der Waals surface area contributed by atoms with Crippen LogP contribution in [0.1, 0.15) is 25.3 Å². The molecule has 102 valence electrons. The van der Waals surface area contributed by atoms with Crippen molar-refractivity contribution in [1.29, 1.82) is 0 Å². The van der Waals surface area contributed by atoms with E-state index >= 15 is 0 Å². The topological polar surface area (TPSA) is 38.1 Å². The molecule has 0 saturated heterocycles. The van der Waals surface area contributed by atoms with E-state index in [0.717, 1.165) is 40.8 Å². The SMILES string of the molecule is Cc1c(Cl)cccc1-c1cnc(CCNC(C)C)o1. The first-order chi connectivity index (χ1) is 9.08. The molecule has 0 amide bonds. The number of benzene rings is 1. The number of nitrogens with zero attached hydrogens (tertiary/aromatic N) is 1. The molecule has 2 aromatic rings. The van der Waals surface area contributed by atoms with Gasteiger partial charge < -0.3 is 9.73 Å². The van der Waals surface area contributed by atoms with Crippen molar-refractivity contribution in [3.63, 3.8) is 0 Å². The lowest BCUT2D eigenvalue weighted by atomic mass is 10.1. The van der Waals surface area contributed by atoms with E-state index < -0.39 is 0 Å². The molecule has 0 atom stereocenters. The maximum atomic E-state index is 6.12.